The molecular formula is C26H27N7O5S. The summed E-state index contributed by atoms with van der Waals surface area (Å²) >= 11 is 0. The molecule has 39 heavy (non-hydrogen) atoms. The highest BCUT2D eigenvalue weighted by Gasteiger charge is 2.27. The van der Waals surface area contributed by atoms with Crippen molar-refractivity contribution in [2.75, 3.05) is 32.9 Å². The summed E-state index contributed by atoms with van der Waals surface area (Å²) < 4.78 is 31.7. The van der Waals surface area contributed by atoms with Crippen LogP contribution in [0.5, 0.6) is 17.4 Å². The predicted octanol–water partition coefficient (Wildman–Crippen LogP) is 3.39. The van der Waals surface area contributed by atoms with E-state index >= 15 is 0 Å². The van der Waals surface area contributed by atoms with Crippen molar-refractivity contribution in [3.05, 3.63) is 60.2 Å². The van der Waals surface area contributed by atoms with E-state index < -0.39 is 16.9 Å². The zero-order chi connectivity index (χ0) is 27.5. The average molecular weight is 550 g/mol. The molecule has 1 saturated carbocycles. The third-order valence-corrected chi connectivity index (χ3v) is 6.51. The lowest BCUT2D eigenvalue weighted by atomic mass is 10.1. The molecule has 1 aliphatic rings. The second-order valence-corrected chi connectivity index (χ2v) is 9.90. The lowest BCUT2D eigenvalue weighted by molar-refractivity contribution is 0.0979. The summed E-state index contributed by atoms with van der Waals surface area (Å²) in [6.45, 7) is 0. The molecule has 0 aliphatic heterocycles. The summed E-state index contributed by atoms with van der Waals surface area (Å²) in [5.74, 6) is 1.98. The summed E-state index contributed by atoms with van der Waals surface area (Å²) in [6, 6.07) is 8.94. The number of carbonyl (C=O) groups excluding carboxylic acids is 1. The van der Waals surface area contributed by atoms with Gasteiger partial charge in [0, 0.05) is 65.8 Å². The average Bonchev–Trinajstić information content (AvgIpc) is 3.68. The number of methoxy groups -OCH3 is 3. The zero-order valence-electron chi connectivity index (χ0n) is 21.8. The number of amides is 1. The number of carbonyl (C=O) groups is 1. The number of nitrogens with one attached hydrogen (secondary N) is 2. The van der Waals surface area contributed by atoms with Crippen LogP contribution >= 0.6 is 0 Å². The van der Waals surface area contributed by atoms with Crippen LogP contribution in [0.2, 0.25) is 0 Å². The zero-order valence-corrected chi connectivity index (χ0v) is 22.6. The molecule has 1 atom stereocenters. The molecule has 12 nitrogen and oxygen atoms in total. The Hall–Kier alpha value is -4.52. The van der Waals surface area contributed by atoms with E-state index in [9.17, 15) is 9.00 Å². The van der Waals surface area contributed by atoms with Crippen LogP contribution in [0.3, 0.4) is 0 Å². The number of benzene rings is 1. The molecule has 3 heterocycles. The summed E-state index contributed by atoms with van der Waals surface area (Å²) in [5.41, 5.74) is 2.92. The summed E-state index contributed by atoms with van der Waals surface area (Å²) in [7, 11) is 3.00. The maximum absolute atomic E-state index is 12.7. The Morgan fingerprint density at radius 3 is 2.41 bits per heavy atom. The summed E-state index contributed by atoms with van der Waals surface area (Å²) in [6.07, 6.45) is 8.63. The molecule has 1 fully saturated rings. The van der Waals surface area contributed by atoms with Crippen LogP contribution in [0.15, 0.2) is 48.9 Å². The smallest absolute Gasteiger partial charge is 0.268 e. The van der Waals surface area contributed by atoms with E-state index in [1.165, 1.54) is 13.4 Å². The first-order valence-corrected chi connectivity index (χ1v) is 13.6. The third kappa shape index (κ3) is 5.82. The number of anilines is 2. The van der Waals surface area contributed by atoms with Crippen molar-refractivity contribution in [1.29, 1.82) is 0 Å². The third-order valence-electron chi connectivity index (χ3n) is 6.04. The molecular weight excluding hydrogens is 522 g/mol. The molecule has 3 aromatic heterocycles. The lowest BCUT2D eigenvalue weighted by Gasteiger charge is -2.14. The highest BCUT2D eigenvalue weighted by molar-refractivity contribution is 7.82. The number of hydrogen-bond acceptors (Lipinski definition) is 10. The van der Waals surface area contributed by atoms with E-state index in [0.29, 0.717) is 46.0 Å². The van der Waals surface area contributed by atoms with Gasteiger partial charge >= 0.3 is 0 Å². The quantitative estimate of drug-likeness (QED) is 0.302. The van der Waals surface area contributed by atoms with Crippen LogP contribution in [0.4, 0.5) is 11.6 Å². The van der Waals surface area contributed by atoms with Crippen LogP contribution in [-0.2, 0) is 11.0 Å². The number of ether oxygens (including phenoxy) is 3. The fourth-order valence-electron chi connectivity index (χ4n) is 3.98. The number of aromatic nitrogens is 5. The molecule has 0 bridgehead atoms. The van der Waals surface area contributed by atoms with E-state index in [2.05, 4.69) is 20.0 Å². The van der Waals surface area contributed by atoms with Crippen LogP contribution in [0, 0.1) is 0 Å². The topological polar surface area (TPSA) is 142 Å². The van der Waals surface area contributed by atoms with E-state index in [4.69, 9.17) is 24.3 Å². The van der Waals surface area contributed by atoms with Crippen molar-refractivity contribution < 1.29 is 23.2 Å². The Morgan fingerprint density at radius 2 is 1.77 bits per heavy atom. The van der Waals surface area contributed by atoms with Crippen molar-refractivity contribution in [2.24, 2.45) is 0 Å². The van der Waals surface area contributed by atoms with Crippen LogP contribution in [-0.4, -0.2) is 62.4 Å². The molecule has 202 valence electrons. The highest BCUT2D eigenvalue weighted by atomic mass is 32.2. The van der Waals surface area contributed by atoms with Gasteiger partial charge in [-0.05, 0) is 25.0 Å². The number of pyridine rings is 1. The second kappa shape index (κ2) is 11.1. The Labute approximate surface area is 227 Å². The maximum atomic E-state index is 12.7. The van der Waals surface area contributed by atoms with Crippen LogP contribution < -0.4 is 24.2 Å². The molecule has 4 aromatic rings. The number of hydrogen-bond donors (Lipinski definition) is 2. The van der Waals surface area contributed by atoms with Gasteiger partial charge in [-0.1, -0.05) is 0 Å². The van der Waals surface area contributed by atoms with Crippen LogP contribution in [0.25, 0.3) is 16.9 Å². The van der Waals surface area contributed by atoms with E-state index in [1.807, 2.05) is 12.3 Å². The molecule has 1 aromatic carbocycles. The van der Waals surface area contributed by atoms with E-state index in [-0.39, 0.29) is 11.4 Å². The van der Waals surface area contributed by atoms with Crippen molar-refractivity contribution in [3.63, 3.8) is 0 Å². The molecule has 2 N–H and O–H groups in total. The summed E-state index contributed by atoms with van der Waals surface area (Å²) in [5, 5.41) is 7.95. The van der Waals surface area contributed by atoms with E-state index in [0.717, 1.165) is 18.5 Å². The van der Waals surface area contributed by atoms with Gasteiger partial charge in [0.1, 0.15) is 28.0 Å². The maximum Gasteiger partial charge on any atom is 0.268 e. The number of nitrogens with zero attached hydrogens (tertiary/aromatic N) is 5. The minimum atomic E-state index is -1.56. The first-order chi connectivity index (χ1) is 18.9. The Bertz CT molecular complexity index is 1530. The minimum Gasteiger partial charge on any atom is -0.497 e. The Balaban J connectivity index is 1.58. The second-order valence-electron chi connectivity index (χ2n) is 8.78. The molecule has 5 rings (SSSR count). The largest absolute Gasteiger partial charge is 0.497 e. The Kier molecular flexibility index (Phi) is 7.41. The highest BCUT2D eigenvalue weighted by Crippen LogP contribution is 2.39. The molecule has 1 unspecified atom stereocenters. The van der Waals surface area contributed by atoms with Gasteiger partial charge in [0.05, 0.1) is 27.0 Å². The van der Waals surface area contributed by atoms with Gasteiger partial charge in [-0.25, -0.2) is 18.9 Å². The van der Waals surface area contributed by atoms with Gasteiger partial charge in [0.25, 0.3) is 5.91 Å². The van der Waals surface area contributed by atoms with Crippen molar-refractivity contribution in [1.82, 2.24) is 29.5 Å². The summed E-state index contributed by atoms with van der Waals surface area (Å²) in [4.78, 5) is 26.3. The first-order valence-electron chi connectivity index (χ1n) is 12.0. The van der Waals surface area contributed by atoms with Gasteiger partial charge in [0.15, 0.2) is 5.82 Å². The predicted molar refractivity (Wildman–Crippen MR) is 145 cm³/mol. The monoisotopic (exact) mass is 549 g/mol. The van der Waals surface area contributed by atoms with Crippen molar-refractivity contribution >= 4 is 28.5 Å². The van der Waals surface area contributed by atoms with Crippen molar-refractivity contribution in [2.45, 2.75) is 18.8 Å². The van der Waals surface area contributed by atoms with Gasteiger partial charge in [-0.3, -0.25) is 9.52 Å². The van der Waals surface area contributed by atoms with Gasteiger partial charge in [-0.15, -0.1) is 0 Å². The van der Waals surface area contributed by atoms with Crippen LogP contribution in [0.1, 0.15) is 34.8 Å². The molecule has 0 spiro atoms. The molecule has 1 amide bonds. The molecule has 0 saturated heterocycles. The minimum absolute atomic E-state index is 0.101. The Morgan fingerprint density at radius 1 is 1.03 bits per heavy atom. The lowest BCUT2D eigenvalue weighted by Crippen LogP contribution is -2.25. The van der Waals surface area contributed by atoms with E-state index in [1.54, 1.807) is 55.6 Å². The molecule has 13 heteroatoms. The SMILES string of the molecule is COc1cc(Nc2ncc(-c3cnc(OC)c(C(=O)NS(C)=O)c3)c(-n3ccc(C4CC4)n3)n2)cc(OC)c1. The van der Waals surface area contributed by atoms with Gasteiger partial charge in [0.2, 0.25) is 11.8 Å². The first kappa shape index (κ1) is 26.1. The fourth-order valence-corrected chi connectivity index (χ4v) is 4.35. The van der Waals surface area contributed by atoms with Crippen molar-refractivity contribution in [3.8, 4) is 34.3 Å². The van der Waals surface area contributed by atoms with Gasteiger partial charge < -0.3 is 19.5 Å². The molecule has 1 aliphatic carbocycles. The fraction of sp³-hybridized carbons (Fsp3) is 0.269. The standard InChI is InChI=1S/C26H27N7O5S/c1-36-18-10-17(11-19(12-18)37-2)29-26-28-14-21(23(30-26)33-8-7-22(31-33)15-5-6-15)16-9-20(24(34)32-39(4)35)25(38-3)27-13-16/h7-15H,5-6H2,1-4H3,(H,32,34)(H,28,29,30). The molecule has 0 radical (unpaired) electrons. The normalized spacial score (nSPS) is 13.4. The van der Waals surface area contributed by atoms with Gasteiger partial charge in [-0.2, -0.15) is 10.1 Å². The number of rotatable bonds is 10.